The van der Waals surface area contributed by atoms with Crippen LogP contribution in [0, 0.1) is 0 Å². The standard InChI is InChI=1S/C17H24N2O2/c1-18-9-8-16(10-18)11-19(2)12-17(20)14-21-13-15-6-4-3-5-7-15/h3-10,17,20H,11-14H2,1-2H3. The average Bonchev–Trinajstić information content (AvgIpc) is 2.85. The zero-order valence-electron chi connectivity index (χ0n) is 12.8. The van der Waals surface area contributed by atoms with E-state index in [9.17, 15) is 5.11 Å². The molecule has 4 heteroatoms. The molecule has 0 aliphatic carbocycles. The van der Waals surface area contributed by atoms with Crippen LogP contribution in [-0.2, 0) is 24.9 Å². The van der Waals surface area contributed by atoms with Crippen LogP contribution in [-0.4, -0.2) is 40.9 Å². The number of aromatic nitrogens is 1. The van der Waals surface area contributed by atoms with Crippen LogP contribution >= 0.6 is 0 Å². The Morgan fingerprint density at radius 1 is 1.19 bits per heavy atom. The summed E-state index contributed by atoms with van der Waals surface area (Å²) in [5.74, 6) is 0. The molecule has 0 amide bonds. The maximum atomic E-state index is 10.0. The van der Waals surface area contributed by atoms with Crippen LogP contribution in [0.3, 0.4) is 0 Å². The van der Waals surface area contributed by atoms with Gasteiger partial charge in [0.15, 0.2) is 0 Å². The van der Waals surface area contributed by atoms with Gasteiger partial charge in [-0.3, -0.25) is 4.90 Å². The number of aryl methyl sites for hydroxylation is 1. The summed E-state index contributed by atoms with van der Waals surface area (Å²) in [5.41, 5.74) is 2.37. The van der Waals surface area contributed by atoms with E-state index in [1.807, 2.05) is 55.2 Å². The van der Waals surface area contributed by atoms with Gasteiger partial charge in [-0.15, -0.1) is 0 Å². The first-order chi connectivity index (χ1) is 10.1. The highest BCUT2D eigenvalue weighted by Crippen LogP contribution is 2.05. The number of ether oxygens (including phenoxy) is 1. The molecule has 0 saturated heterocycles. The molecule has 21 heavy (non-hydrogen) atoms. The summed E-state index contributed by atoms with van der Waals surface area (Å²) in [7, 11) is 4.02. The van der Waals surface area contributed by atoms with E-state index in [0.29, 0.717) is 19.8 Å². The Morgan fingerprint density at radius 3 is 2.62 bits per heavy atom. The summed E-state index contributed by atoms with van der Waals surface area (Å²) in [6.45, 7) is 2.33. The van der Waals surface area contributed by atoms with E-state index in [2.05, 4.69) is 17.2 Å². The van der Waals surface area contributed by atoms with Crippen LogP contribution in [0.2, 0.25) is 0 Å². The molecule has 2 aromatic rings. The highest BCUT2D eigenvalue weighted by Gasteiger charge is 2.09. The van der Waals surface area contributed by atoms with Gasteiger partial charge in [0.2, 0.25) is 0 Å². The van der Waals surface area contributed by atoms with Gasteiger partial charge in [0.05, 0.1) is 19.3 Å². The highest BCUT2D eigenvalue weighted by molar-refractivity contribution is 5.13. The number of nitrogens with zero attached hydrogens (tertiary/aromatic N) is 2. The summed E-state index contributed by atoms with van der Waals surface area (Å²) in [6.07, 6.45) is 3.65. The Balaban J connectivity index is 1.65. The maximum absolute atomic E-state index is 10.0. The first-order valence-electron chi connectivity index (χ1n) is 7.22. The minimum atomic E-state index is -0.470. The Labute approximate surface area is 126 Å². The van der Waals surface area contributed by atoms with Crippen LogP contribution in [0.25, 0.3) is 0 Å². The monoisotopic (exact) mass is 288 g/mol. The van der Waals surface area contributed by atoms with Crippen molar-refractivity contribution < 1.29 is 9.84 Å². The topological polar surface area (TPSA) is 37.6 Å². The third kappa shape index (κ3) is 5.71. The average molecular weight is 288 g/mol. The molecule has 1 aromatic carbocycles. The van der Waals surface area contributed by atoms with Crippen molar-refractivity contribution >= 4 is 0 Å². The van der Waals surface area contributed by atoms with Crippen molar-refractivity contribution in [3.05, 3.63) is 59.9 Å². The summed E-state index contributed by atoms with van der Waals surface area (Å²) >= 11 is 0. The summed E-state index contributed by atoms with van der Waals surface area (Å²) < 4.78 is 7.59. The van der Waals surface area contributed by atoms with Crippen LogP contribution in [0.15, 0.2) is 48.8 Å². The van der Waals surface area contributed by atoms with Gasteiger partial charge in [-0.2, -0.15) is 0 Å². The van der Waals surface area contributed by atoms with Crippen molar-refractivity contribution in [2.24, 2.45) is 7.05 Å². The Morgan fingerprint density at radius 2 is 1.95 bits per heavy atom. The Bertz CT molecular complexity index is 525. The van der Waals surface area contributed by atoms with Gasteiger partial charge < -0.3 is 14.4 Å². The molecule has 1 aromatic heterocycles. The van der Waals surface area contributed by atoms with E-state index >= 15 is 0 Å². The molecule has 1 unspecified atom stereocenters. The highest BCUT2D eigenvalue weighted by atomic mass is 16.5. The molecule has 0 spiro atoms. The van der Waals surface area contributed by atoms with Crippen molar-refractivity contribution in [1.82, 2.24) is 9.47 Å². The lowest BCUT2D eigenvalue weighted by Gasteiger charge is -2.20. The fourth-order valence-electron chi connectivity index (χ4n) is 2.33. The molecule has 0 bridgehead atoms. The van der Waals surface area contributed by atoms with E-state index < -0.39 is 6.10 Å². The van der Waals surface area contributed by atoms with Crippen molar-refractivity contribution in [2.75, 3.05) is 20.2 Å². The van der Waals surface area contributed by atoms with Gasteiger partial charge in [-0.05, 0) is 24.2 Å². The second-order valence-corrected chi connectivity index (χ2v) is 5.54. The number of hydrogen-bond acceptors (Lipinski definition) is 3. The summed E-state index contributed by atoms with van der Waals surface area (Å²) in [6, 6.07) is 12.1. The number of likely N-dealkylation sites (N-methyl/N-ethyl adjacent to an activating group) is 1. The molecule has 4 nitrogen and oxygen atoms in total. The number of aliphatic hydroxyl groups is 1. The van der Waals surface area contributed by atoms with Crippen LogP contribution in [0.4, 0.5) is 0 Å². The number of rotatable bonds is 8. The SMILES string of the molecule is CN(Cc1ccn(C)c1)CC(O)COCc1ccccc1. The van der Waals surface area contributed by atoms with E-state index in [1.54, 1.807) is 0 Å². The molecule has 0 saturated carbocycles. The largest absolute Gasteiger partial charge is 0.389 e. The van der Waals surface area contributed by atoms with Crippen molar-refractivity contribution in [3.8, 4) is 0 Å². The zero-order valence-corrected chi connectivity index (χ0v) is 12.8. The molecule has 1 atom stereocenters. The predicted molar refractivity (Wildman–Crippen MR) is 83.9 cm³/mol. The molecule has 0 fully saturated rings. The molecule has 0 radical (unpaired) electrons. The lowest BCUT2D eigenvalue weighted by Crippen LogP contribution is -2.31. The third-order valence-corrected chi connectivity index (χ3v) is 3.29. The third-order valence-electron chi connectivity index (χ3n) is 3.29. The van der Waals surface area contributed by atoms with Crippen LogP contribution in [0.5, 0.6) is 0 Å². The molecule has 0 aliphatic heterocycles. The van der Waals surface area contributed by atoms with Crippen LogP contribution in [0.1, 0.15) is 11.1 Å². The lowest BCUT2D eigenvalue weighted by molar-refractivity contribution is 0.0127. The fraction of sp³-hybridized carbons (Fsp3) is 0.412. The minimum Gasteiger partial charge on any atom is -0.389 e. The minimum absolute atomic E-state index is 0.355. The predicted octanol–water partition coefficient (Wildman–Crippen LogP) is 2.03. The quantitative estimate of drug-likeness (QED) is 0.807. The molecule has 0 aliphatic rings. The normalized spacial score (nSPS) is 12.8. The zero-order chi connectivity index (χ0) is 15.1. The van der Waals surface area contributed by atoms with Crippen molar-refractivity contribution in [2.45, 2.75) is 19.3 Å². The van der Waals surface area contributed by atoms with E-state index in [1.165, 1.54) is 5.56 Å². The first kappa shape index (κ1) is 15.8. The van der Waals surface area contributed by atoms with E-state index in [-0.39, 0.29) is 0 Å². The molecule has 1 N–H and O–H groups in total. The van der Waals surface area contributed by atoms with Gasteiger partial charge >= 0.3 is 0 Å². The maximum Gasteiger partial charge on any atom is 0.0900 e. The van der Waals surface area contributed by atoms with E-state index in [0.717, 1.165) is 12.1 Å². The van der Waals surface area contributed by atoms with Gasteiger partial charge in [0, 0.05) is 32.5 Å². The number of aliphatic hydroxyl groups excluding tert-OH is 1. The fourth-order valence-corrected chi connectivity index (χ4v) is 2.33. The molecular formula is C17H24N2O2. The summed E-state index contributed by atoms with van der Waals surface area (Å²) in [4.78, 5) is 2.10. The van der Waals surface area contributed by atoms with Gasteiger partial charge in [0.25, 0.3) is 0 Å². The van der Waals surface area contributed by atoms with Gasteiger partial charge in [-0.1, -0.05) is 30.3 Å². The second kappa shape index (κ2) is 7.98. The molecule has 1 heterocycles. The molecule has 2 rings (SSSR count). The lowest BCUT2D eigenvalue weighted by atomic mass is 10.2. The first-order valence-corrected chi connectivity index (χ1v) is 7.22. The Kier molecular flexibility index (Phi) is 5.99. The summed E-state index contributed by atoms with van der Waals surface area (Å²) in [5, 5.41) is 10.0. The van der Waals surface area contributed by atoms with Gasteiger partial charge in [0.1, 0.15) is 0 Å². The number of hydrogen-bond donors (Lipinski definition) is 1. The second-order valence-electron chi connectivity index (χ2n) is 5.54. The number of benzene rings is 1. The smallest absolute Gasteiger partial charge is 0.0900 e. The van der Waals surface area contributed by atoms with Crippen LogP contribution < -0.4 is 0 Å². The van der Waals surface area contributed by atoms with Gasteiger partial charge in [-0.25, -0.2) is 0 Å². The van der Waals surface area contributed by atoms with Crippen molar-refractivity contribution in [1.29, 1.82) is 0 Å². The molecular weight excluding hydrogens is 264 g/mol. The van der Waals surface area contributed by atoms with E-state index in [4.69, 9.17) is 4.74 Å². The molecule has 114 valence electrons. The van der Waals surface area contributed by atoms with Crippen molar-refractivity contribution in [3.63, 3.8) is 0 Å². The Hall–Kier alpha value is -1.62.